The summed E-state index contributed by atoms with van der Waals surface area (Å²) in [5.41, 5.74) is 8.07. The van der Waals surface area contributed by atoms with E-state index in [1.165, 1.54) is 11.1 Å². The van der Waals surface area contributed by atoms with Gasteiger partial charge in [-0.1, -0.05) is 29.8 Å². The number of hydrogen-bond donors (Lipinski definition) is 3. The molecule has 2 rings (SSSR count). The summed E-state index contributed by atoms with van der Waals surface area (Å²) < 4.78 is 0. The summed E-state index contributed by atoms with van der Waals surface area (Å²) in [5, 5.41) is 6.17. The topological polar surface area (TPSA) is 75.9 Å². The molecule has 0 unspecified atom stereocenters. The maximum atomic E-state index is 5.62. The molecular weight excluding hydrogens is 226 g/mol. The minimum atomic E-state index is 0.258. The lowest BCUT2D eigenvalue weighted by atomic mass is 10.1. The van der Waals surface area contributed by atoms with Crippen LogP contribution in [0.15, 0.2) is 30.3 Å². The molecular formula is C13H17N5. The number of rotatable bonds is 4. The first-order valence-corrected chi connectivity index (χ1v) is 5.79. The molecule has 0 aliphatic carbocycles. The van der Waals surface area contributed by atoms with E-state index in [2.05, 4.69) is 51.8 Å². The van der Waals surface area contributed by atoms with Crippen molar-refractivity contribution in [1.29, 1.82) is 0 Å². The fourth-order valence-corrected chi connectivity index (χ4v) is 1.58. The van der Waals surface area contributed by atoms with Crippen LogP contribution in [0.1, 0.15) is 11.1 Å². The van der Waals surface area contributed by atoms with Crippen LogP contribution in [0.3, 0.4) is 0 Å². The smallest absolute Gasteiger partial charge is 0.223 e. The van der Waals surface area contributed by atoms with Crippen LogP contribution in [-0.4, -0.2) is 17.0 Å². The molecule has 0 saturated heterocycles. The first-order chi connectivity index (χ1) is 8.67. The Morgan fingerprint density at radius 2 is 1.78 bits per heavy atom. The van der Waals surface area contributed by atoms with Crippen molar-refractivity contribution in [3.05, 3.63) is 41.5 Å². The van der Waals surface area contributed by atoms with Crippen LogP contribution in [0.4, 0.5) is 17.6 Å². The fraction of sp³-hybridized carbons (Fsp3) is 0.231. The predicted molar refractivity (Wildman–Crippen MR) is 74.5 cm³/mol. The number of aryl methyl sites for hydroxylation is 1. The van der Waals surface area contributed by atoms with Gasteiger partial charge in [-0.3, -0.25) is 0 Å². The average molecular weight is 243 g/mol. The monoisotopic (exact) mass is 243 g/mol. The molecule has 0 radical (unpaired) electrons. The van der Waals surface area contributed by atoms with E-state index < -0.39 is 0 Å². The molecule has 0 amide bonds. The molecule has 1 aromatic carbocycles. The van der Waals surface area contributed by atoms with Gasteiger partial charge in [0.05, 0.1) is 0 Å². The van der Waals surface area contributed by atoms with Crippen molar-refractivity contribution in [2.45, 2.75) is 13.5 Å². The van der Waals surface area contributed by atoms with Crippen molar-refractivity contribution >= 4 is 17.6 Å². The second kappa shape index (κ2) is 5.35. The molecule has 0 aliphatic rings. The number of hydrogen-bond acceptors (Lipinski definition) is 5. The second-order valence-electron chi connectivity index (χ2n) is 4.09. The van der Waals surface area contributed by atoms with Crippen molar-refractivity contribution in [1.82, 2.24) is 9.97 Å². The summed E-state index contributed by atoms with van der Waals surface area (Å²) in [4.78, 5) is 8.16. The largest absolute Gasteiger partial charge is 0.373 e. The van der Waals surface area contributed by atoms with Crippen LogP contribution in [-0.2, 0) is 6.54 Å². The summed E-state index contributed by atoms with van der Waals surface area (Å²) in [5.74, 6) is 1.68. The molecule has 5 heteroatoms. The van der Waals surface area contributed by atoms with Crippen LogP contribution in [0.2, 0.25) is 0 Å². The molecule has 0 atom stereocenters. The molecule has 5 nitrogen and oxygen atoms in total. The van der Waals surface area contributed by atoms with Crippen molar-refractivity contribution in [2.75, 3.05) is 23.4 Å². The van der Waals surface area contributed by atoms with E-state index in [0.29, 0.717) is 18.2 Å². The molecule has 1 heterocycles. The number of nitrogens with one attached hydrogen (secondary N) is 2. The molecule has 0 saturated carbocycles. The fourth-order valence-electron chi connectivity index (χ4n) is 1.58. The zero-order chi connectivity index (χ0) is 13.0. The zero-order valence-electron chi connectivity index (χ0n) is 10.6. The van der Waals surface area contributed by atoms with Crippen molar-refractivity contribution in [3.63, 3.8) is 0 Å². The van der Waals surface area contributed by atoms with Gasteiger partial charge >= 0.3 is 0 Å². The summed E-state index contributed by atoms with van der Waals surface area (Å²) >= 11 is 0. The summed E-state index contributed by atoms with van der Waals surface area (Å²) in [6, 6.07) is 10.2. The van der Waals surface area contributed by atoms with Gasteiger partial charge in [0.1, 0.15) is 11.6 Å². The number of nitrogen functional groups attached to an aromatic ring is 1. The normalized spacial score (nSPS) is 10.1. The van der Waals surface area contributed by atoms with Crippen LogP contribution >= 0.6 is 0 Å². The molecule has 0 bridgehead atoms. The maximum absolute atomic E-state index is 5.62. The standard InChI is InChI=1S/C13H17N5/c1-9-3-5-10(6-4-9)8-16-12-7-11(15-2)17-13(14)18-12/h3-7H,8H2,1-2H3,(H4,14,15,16,17,18). The van der Waals surface area contributed by atoms with Gasteiger partial charge in [0, 0.05) is 19.7 Å². The van der Waals surface area contributed by atoms with Gasteiger partial charge in [-0.2, -0.15) is 9.97 Å². The Labute approximate surface area is 106 Å². The van der Waals surface area contributed by atoms with Crippen molar-refractivity contribution in [3.8, 4) is 0 Å². The van der Waals surface area contributed by atoms with Gasteiger partial charge in [0.15, 0.2) is 0 Å². The van der Waals surface area contributed by atoms with Crippen LogP contribution in [0.25, 0.3) is 0 Å². The number of nitrogens with two attached hydrogens (primary N) is 1. The summed E-state index contributed by atoms with van der Waals surface area (Å²) in [7, 11) is 1.80. The SMILES string of the molecule is CNc1cc(NCc2ccc(C)cc2)nc(N)n1. The minimum absolute atomic E-state index is 0.258. The number of nitrogens with zero attached hydrogens (tertiary/aromatic N) is 2. The van der Waals surface area contributed by atoms with E-state index in [1.54, 1.807) is 7.05 Å². The van der Waals surface area contributed by atoms with Gasteiger partial charge < -0.3 is 16.4 Å². The Morgan fingerprint density at radius 1 is 1.11 bits per heavy atom. The Morgan fingerprint density at radius 3 is 2.44 bits per heavy atom. The third-order valence-corrected chi connectivity index (χ3v) is 2.59. The highest BCUT2D eigenvalue weighted by molar-refractivity contribution is 5.50. The Hall–Kier alpha value is -2.30. The molecule has 2 aromatic rings. The first-order valence-electron chi connectivity index (χ1n) is 5.79. The molecule has 0 aliphatic heterocycles. The molecule has 1 aromatic heterocycles. The predicted octanol–water partition coefficient (Wildman–Crippen LogP) is 2.02. The highest BCUT2D eigenvalue weighted by Crippen LogP contribution is 2.13. The van der Waals surface area contributed by atoms with Crippen LogP contribution in [0.5, 0.6) is 0 Å². The molecule has 0 fully saturated rings. The Balaban J connectivity index is 2.05. The van der Waals surface area contributed by atoms with E-state index in [-0.39, 0.29) is 5.95 Å². The van der Waals surface area contributed by atoms with Crippen LogP contribution < -0.4 is 16.4 Å². The highest BCUT2D eigenvalue weighted by Gasteiger charge is 2.00. The number of aromatic nitrogens is 2. The van der Waals surface area contributed by atoms with Gasteiger partial charge in [0.2, 0.25) is 5.95 Å². The van der Waals surface area contributed by atoms with E-state index >= 15 is 0 Å². The maximum Gasteiger partial charge on any atom is 0.223 e. The lowest BCUT2D eigenvalue weighted by Crippen LogP contribution is -2.06. The third kappa shape index (κ3) is 3.10. The Bertz CT molecular complexity index is 521. The summed E-state index contributed by atoms with van der Waals surface area (Å²) in [6.07, 6.45) is 0. The molecule has 94 valence electrons. The molecule has 0 spiro atoms. The van der Waals surface area contributed by atoms with E-state index in [4.69, 9.17) is 5.73 Å². The average Bonchev–Trinajstić information content (AvgIpc) is 2.37. The van der Waals surface area contributed by atoms with Gasteiger partial charge in [0.25, 0.3) is 0 Å². The van der Waals surface area contributed by atoms with Gasteiger partial charge in [-0.25, -0.2) is 0 Å². The quantitative estimate of drug-likeness (QED) is 0.766. The van der Waals surface area contributed by atoms with Crippen molar-refractivity contribution in [2.24, 2.45) is 0 Å². The van der Waals surface area contributed by atoms with Crippen LogP contribution in [0, 0.1) is 6.92 Å². The number of anilines is 3. The third-order valence-electron chi connectivity index (χ3n) is 2.59. The minimum Gasteiger partial charge on any atom is -0.373 e. The highest BCUT2D eigenvalue weighted by atomic mass is 15.1. The molecule has 18 heavy (non-hydrogen) atoms. The zero-order valence-corrected chi connectivity index (χ0v) is 10.6. The second-order valence-corrected chi connectivity index (χ2v) is 4.09. The van der Waals surface area contributed by atoms with Gasteiger partial charge in [-0.05, 0) is 12.5 Å². The van der Waals surface area contributed by atoms with E-state index in [9.17, 15) is 0 Å². The van der Waals surface area contributed by atoms with Gasteiger partial charge in [-0.15, -0.1) is 0 Å². The van der Waals surface area contributed by atoms with E-state index in [0.717, 1.165) is 0 Å². The molecule has 4 N–H and O–H groups in total. The van der Waals surface area contributed by atoms with Crippen molar-refractivity contribution < 1.29 is 0 Å². The lowest BCUT2D eigenvalue weighted by molar-refractivity contribution is 1.09. The first kappa shape index (κ1) is 12.2. The summed E-state index contributed by atoms with van der Waals surface area (Å²) in [6.45, 7) is 2.78. The number of benzene rings is 1. The lowest BCUT2D eigenvalue weighted by Gasteiger charge is -2.08. The Kier molecular flexibility index (Phi) is 3.62. The van der Waals surface area contributed by atoms with E-state index in [1.807, 2.05) is 6.07 Å².